The van der Waals surface area contributed by atoms with Crippen LogP contribution in [0.2, 0.25) is 0 Å². The van der Waals surface area contributed by atoms with E-state index in [1.165, 1.54) is 0 Å². The Morgan fingerprint density at radius 1 is 1.06 bits per heavy atom. The largest absolute Gasteiger partial charge is 0.369 e. The third-order valence-corrected chi connectivity index (χ3v) is 2.79. The Bertz CT molecular complexity index is 258. The molecule has 0 radical (unpaired) electrons. The van der Waals surface area contributed by atoms with E-state index in [9.17, 15) is 0 Å². The van der Waals surface area contributed by atoms with Crippen molar-refractivity contribution in [1.29, 1.82) is 0 Å². The van der Waals surface area contributed by atoms with Gasteiger partial charge < -0.3 is 9.80 Å². The van der Waals surface area contributed by atoms with Gasteiger partial charge in [0.05, 0.1) is 0 Å². The van der Waals surface area contributed by atoms with Crippen LogP contribution in [-0.2, 0) is 0 Å². The van der Waals surface area contributed by atoms with Crippen molar-refractivity contribution in [3.05, 3.63) is 36.6 Å². The van der Waals surface area contributed by atoms with E-state index in [-0.39, 0.29) is 0 Å². The molecule has 0 N–H and O–H groups in total. The highest BCUT2D eigenvalue weighted by molar-refractivity contribution is 5.22. The summed E-state index contributed by atoms with van der Waals surface area (Å²) in [6, 6.07) is 0. The SMILES string of the molecule is C=C(C)/C=C\C(=C)N1CCN(CC)CC1.CC. The van der Waals surface area contributed by atoms with Crippen LogP contribution < -0.4 is 0 Å². The lowest BCUT2D eigenvalue weighted by Crippen LogP contribution is -2.45. The van der Waals surface area contributed by atoms with Gasteiger partial charge in [0.25, 0.3) is 0 Å². The molecule has 17 heavy (non-hydrogen) atoms. The van der Waals surface area contributed by atoms with Gasteiger partial charge in [0.15, 0.2) is 0 Å². The zero-order valence-electron chi connectivity index (χ0n) is 12.0. The minimum Gasteiger partial charge on any atom is -0.369 e. The smallest absolute Gasteiger partial charge is 0.0306 e. The maximum Gasteiger partial charge on any atom is 0.0306 e. The summed E-state index contributed by atoms with van der Waals surface area (Å²) in [6.45, 7) is 21.8. The molecule has 0 aromatic carbocycles. The fourth-order valence-corrected chi connectivity index (χ4v) is 1.70. The second-order valence-electron chi connectivity index (χ2n) is 4.09. The van der Waals surface area contributed by atoms with E-state index in [0.717, 1.165) is 44.0 Å². The summed E-state index contributed by atoms with van der Waals surface area (Å²) in [5.74, 6) is 0. The Morgan fingerprint density at radius 2 is 1.59 bits per heavy atom. The summed E-state index contributed by atoms with van der Waals surface area (Å²) in [6.07, 6.45) is 4.08. The van der Waals surface area contributed by atoms with Crippen molar-refractivity contribution in [3.63, 3.8) is 0 Å². The van der Waals surface area contributed by atoms with E-state index >= 15 is 0 Å². The van der Waals surface area contributed by atoms with Gasteiger partial charge in [-0.05, 0) is 19.5 Å². The van der Waals surface area contributed by atoms with Gasteiger partial charge in [0, 0.05) is 31.9 Å². The Balaban J connectivity index is 0.00000121. The molecule has 98 valence electrons. The number of rotatable bonds is 4. The summed E-state index contributed by atoms with van der Waals surface area (Å²) in [5.41, 5.74) is 2.18. The van der Waals surface area contributed by atoms with Crippen LogP contribution in [-0.4, -0.2) is 42.5 Å². The van der Waals surface area contributed by atoms with Crippen LogP contribution in [0.4, 0.5) is 0 Å². The van der Waals surface area contributed by atoms with Crippen LogP contribution in [0.15, 0.2) is 36.6 Å². The Labute approximate surface area is 107 Å². The molecular formula is C15H28N2. The average molecular weight is 236 g/mol. The molecule has 0 saturated carbocycles. The van der Waals surface area contributed by atoms with E-state index in [1.54, 1.807) is 0 Å². The number of nitrogens with zero attached hydrogens (tertiary/aromatic N) is 2. The summed E-state index contributed by atoms with van der Waals surface area (Å²) in [4.78, 5) is 4.80. The van der Waals surface area contributed by atoms with Gasteiger partial charge in [0.1, 0.15) is 0 Å². The van der Waals surface area contributed by atoms with E-state index < -0.39 is 0 Å². The van der Waals surface area contributed by atoms with E-state index in [0.29, 0.717) is 0 Å². The van der Waals surface area contributed by atoms with Crippen LogP contribution in [0.5, 0.6) is 0 Å². The zero-order chi connectivity index (χ0) is 13.3. The summed E-state index contributed by atoms with van der Waals surface area (Å²) in [7, 11) is 0. The first kappa shape index (κ1) is 16.0. The lowest BCUT2D eigenvalue weighted by molar-refractivity contribution is 0.169. The molecule has 0 spiro atoms. The maximum absolute atomic E-state index is 4.08. The van der Waals surface area contributed by atoms with E-state index in [1.807, 2.05) is 26.8 Å². The molecule has 1 fully saturated rings. The monoisotopic (exact) mass is 236 g/mol. The van der Waals surface area contributed by atoms with Crippen LogP contribution in [0, 0.1) is 0 Å². The van der Waals surface area contributed by atoms with Crippen molar-refractivity contribution >= 4 is 0 Å². The molecule has 1 heterocycles. The molecule has 2 nitrogen and oxygen atoms in total. The molecule has 1 aliphatic rings. The van der Waals surface area contributed by atoms with Crippen molar-refractivity contribution in [3.8, 4) is 0 Å². The average Bonchev–Trinajstić information content (AvgIpc) is 2.38. The third kappa shape index (κ3) is 6.32. The molecule has 1 saturated heterocycles. The lowest BCUT2D eigenvalue weighted by Gasteiger charge is -2.35. The molecule has 0 aliphatic carbocycles. The van der Waals surface area contributed by atoms with Crippen molar-refractivity contribution in [2.24, 2.45) is 0 Å². The first-order chi connectivity index (χ1) is 8.13. The van der Waals surface area contributed by atoms with Crippen molar-refractivity contribution in [2.75, 3.05) is 32.7 Å². The van der Waals surface area contributed by atoms with Gasteiger partial charge >= 0.3 is 0 Å². The van der Waals surface area contributed by atoms with E-state index in [2.05, 4.69) is 36.0 Å². The van der Waals surface area contributed by atoms with Crippen LogP contribution in [0.25, 0.3) is 0 Å². The van der Waals surface area contributed by atoms with Gasteiger partial charge in [-0.1, -0.05) is 45.6 Å². The van der Waals surface area contributed by atoms with Gasteiger partial charge in [-0.3, -0.25) is 0 Å². The summed E-state index contributed by atoms with van der Waals surface area (Å²) in [5, 5.41) is 0. The highest BCUT2D eigenvalue weighted by Gasteiger charge is 2.14. The van der Waals surface area contributed by atoms with Crippen molar-refractivity contribution in [2.45, 2.75) is 27.7 Å². The molecule has 0 atom stereocenters. The normalized spacial score (nSPS) is 16.6. The minimum absolute atomic E-state index is 1.07. The Hall–Kier alpha value is -1.02. The highest BCUT2D eigenvalue weighted by Crippen LogP contribution is 2.09. The molecule has 2 heteroatoms. The molecule has 0 bridgehead atoms. The highest BCUT2D eigenvalue weighted by atomic mass is 15.3. The van der Waals surface area contributed by atoms with Crippen LogP contribution >= 0.6 is 0 Å². The topological polar surface area (TPSA) is 6.48 Å². The van der Waals surface area contributed by atoms with E-state index in [4.69, 9.17) is 0 Å². The second-order valence-corrected chi connectivity index (χ2v) is 4.09. The van der Waals surface area contributed by atoms with Gasteiger partial charge in [-0.25, -0.2) is 0 Å². The molecule has 0 aromatic rings. The fraction of sp³-hybridized carbons (Fsp3) is 0.600. The molecule has 0 unspecified atom stereocenters. The molecule has 0 aromatic heterocycles. The molecule has 0 amide bonds. The van der Waals surface area contributed by atoms with Crippen LogP contribution in [0.1, 0.15) is 27.7 Å². The molecule has 1 rings (SSSR count). The molecule has 1 aliphatic heterocycles. The van der Waals surface area contributed by atoms with Crippen molar-refractivity contribution in [1.82, 2.24) is 9.80 Å². The number of hydrogen-bond acceptors (Lipinski definition) is 2. The number of hydrogen-bond donors (Lipinski definition) is 0. The number of likely N-dealkylation sites (N-methyl/N-ethyl adjacent to an activating group) is 1. The number of piperazine rings is 1. The predicted molar refractivity (Wildman–Crippen MR) is 78.1 cm³/mol. The zero-order valence-corrected chi connectivity index (χ0v) is 12.0. The Morgan fingerprint density at radius 3 is 2.00 bits per heavy atom. The second kappa shape index (κ2) is 9.06. The number of allylic oxidation sites excluding steroid dienone is 3. The Kier molecular flexibility index (Phi) is 8.51. The minimum atomic E-state index is 1.07. The lowest BCUT2D eigenvalue weighted by atomic mass is 10.2. The van der Waals surface area contributed by atoms with Gasteiger partial charge in [-0.15, -0.1) is 0 Å². The first-order valence-electron chi connectivity index (χ1n) is 6.63. The van der Waals surface area contributed by atoms with Gasteiger partial charge in [0.2, 0.25) is 0 Å². The third-order valence-electron chi connectivity index (χ3n) is 2.79. The summed E-state index contributed by atoms with van der Waals surface area (Å²) < 4.78 is 0. The summed E-state index contributed by atoms with van der Waals surface area (Å²) >= 11 is 0. The maximum atomic E-state index is 4.08. The van der Waals surface area contributed by atoms with Crippen LogP contribution in [0.3, 0.4) is 0 Å². The predicted octanol–water partition coefficient (Wildman–Crippen LogP) is 3.30. The van der Waals surface area contributed by atoms with Gasteiger partial charge in [-0.2, -0.15) is 0 Å². The molecular weight excluding hydrogens is 208 g/mol. The standard InChI is InChI=1S/C13H22N2.C2H6/c1-5-14-8-10-15(11-9-14)13(4)7-6-12(2)3;1-2/h6-7H,2,4-5,8-11H2,1,3H3;1-2H3/b7-6-;. The first-order valence-corrected chi connectivity index (χ1v) is 6.63. The fourth-order valence-electron chi connectivity index (χ4n) is 1.70. The quantitative estimate of drug-likeness (QED) is 0.691. The van der Waals surface area contributed by atoms with Crippen molar-refractivity contribution < 1.29 is 0 Å².